The molecule has 0 N–H and O–H groups in total. The molecule has 0 aromatic rings. The average Bonchev–Trinajstić information content (AvgIpc) is 2.13. The van der Waals surface area contributed by atoms with E-state index in [-0.39, 0.29) is 6.04 Å². The van der Waals surface area contributed by atoms with Gasteiger partial charge < -0.3 is 4.74 Å². The van der Waals surface area contributed by atoms with Crippen molar-refractivity contribution in [2.75, 3.05) is 18.6 Å². The number of hydrogen-bond acceptors (Lipinski definition) is 3. The molecule has 1 aliphatic rings. The fraction of sp³-hybridized carbons (Fsp3) is 0.833. The first kappa shape index (κ1) is 7.72. The van der Waals surface area contributed by atoms with Crippen LogP contribution < -0.4 is 0 Å². The highest BCUT2D eigenvalue weighted by Gasteiger charge is 2.16. The van der Waals surface area contributed by atoms with Gasteiger partial charge in [0.1, 0.15) is 6.61 Å². The van der Waals surface area contributed by atoms with Gasteiger partial charge in [0.15, 0.2) is 5.90 Å². The molecular weight excluding hydrogens is 150 g/mol. The first-order valence-corrected chi connectivity index (χ1v) is 4.88. The van der Waals surface area contributed by atoms with E-state index < -0.39 is 10.8 Å². The Bertz CT molecular complexity index is 179. The molecule has 0 aromatic carbocycles. The Morgan fingerprint density at radius 2 is 2.60 bits per heavy atom. The Hall–Kier alpha value is -0.380. The molecule has 1 rings (SSSR count). The summed E-state index contributed by atoms with van der Waals surface area (Å²) in [7, 11) is -0.757. The fourth-order valence-electron chi connectivity index (χ4n) is 0.905. The molecule has 0 aromatic heterocycles. The molecule has 0 amide bonds. The van der Waals surface area contributed by atoms with Crippen LogP contribution >= 0.6 is 0 Å². The maximum atomic E-state index is 10.7. The third-order valence-electron chi connectivity index (χ3n) is 1.28. The van der Waals surface area contributed by atoms with Crippen LogP contribution in [0.3, 0.4) is 0 Å². The Kier molecular flexibility index (Phi) is 2.43. The lowest BCUT2D eigenvalue weighted by atomic mass is 10.4. The van der Waals surface area contributed by atoms with Gasteiger partial charge in [-0.3, -0.25) is 4.21 Å². The molecule has 2 unspecified atom stereocenters. The van der Waals surface area contributed by atoms with Crippen LogP contribution in [0, 0.1) is 0 Å². The second-order valence-electron chi connectivity index (χ2n) is 2.35. The molecule has 0 saturated carbocycles. The van der Waals surface area contributed by atoms with Crippen LogP contribution in [0.2, 0.25) is 0 Å². The van der Waals surface area contributed by atoms with Crippen molar-refractivity contribution in [3.63, 3.8) is 0 Å². The zero-order valence-corrected chi connectivity index (χ0v) is 6.98. The van der Waals surface area contributed by atoms with Crippen LogP contribution in [0.4, 0.5) is 0 Å². The average molecular weight is 161 g/mol. The summed E-state index contributed by atoms with van der Waals surface area (Å²) in [6.45, 7) is 2.42. The van der Waals surface area contributed by atoms with Gasteiger partial charge in [-0.15, -0.1) is 0 Å². The Labute approximate surface area is 62.9 Å². The summed E-state index contributed by atoms with van der Waals surface area (Å²) in [6.07, 6.45) is 1.68. The first-order valence-electron chi connectivity index (χ1n) is 3.15. The van der Waals surface area contributed by atoms with Gasteiger partial charge in [-0.25, -0.2) is 4.99 Å². The van der Waals surface area contributed by atoms with Crippen LogP contribution in [0.1, 0.15) is 6.92 Å². The third-order valence-corrected chi connectivity index (χ3v) is 2.13. The fourth-order valence-corrected chi connectivity index (χ4v) is 1.62. The van der Waals surface area contributed by atoms with Crippen LogP contribution in [0.15, 0.2) is 4.99 Å². The van der Waals surface area contributed by atoms with E-state index in [4.69, 9.17) is 4.74 Å². The second-order valence-corrected chi connectivity index (χ2v) is 3.83. The Morgan fingerprint density at radius 1 is 1.90 bits per heavy atom. The third kappa shape index (κ3) is 2.10. The molecule has 0 bridgehead atoms. The quantitative estimate of drug-likeness (QED) is 0.579. The maximum absolute atomic E-state index is 10.7. The van der Waals surface area contributed by atoms with E-state index in [0.717, 1.165) is 5.90 Å². The lowest BCUT2D eigenvalue weighted by Gasteiger charge is -1.99. The molecule has 1 aliphatic heterocycles. The molecular formula is C6H11NO2S. The second kappa shape index (κ2) is 3.14. The lowest BCUT2D eigenvalue weighted by molar-refractivity contribution is 0.322. The van der Waals surface area contributed by atoms with Crippen molar-refractivity contribution < 1.29 is 8.95 Å². The molecule has 0 radical (unpaired) electrons. The van der Waals surface area contributed by atoms with Gasteiger partial charge in [0.25, 0.3) is 0 Å². The predicted octanol–water partition coefficient (Wildman–Crippen LogP) is 0.182. The van der Waals surface area contributed by atoms with E-state index in [1.165, 1.54) is 0 Å². The minimum atomic E-state index is -0.757. The number of hydrogen-bond donors (Lipinski definition) is 0. The Morgan fingerprint density at radius 3 is 3.00 bits per heavy atom. The van der Waals surface area contributed by atoms with Gasteiger partial charge in [0.05, 0.1) is 6.04 Å². The number of ether oxygens (including phenoxy) is 1. The van der Waals surface area contributed by atoms with E-state index in [2.05, 4.69) is 4.99 Å². The zero-order valence-electron chi connectivity index (χ0n) is 6.16. The highest BCUT2D eigenvalue weighted by molar-refractivity contribution is 7.84. The van der Waals surface area contributed by atoms with Crippen LogP contribution in [0.5, 0.6) is 0 Å². The molecule has 4 heteroatoms. The molecule has 0 saturated heterocycles. The monoisotopic (exact) mass is 161 g/mol. The number of rotatable bonds is 2. The summed E-state index contributed by atoms with van der Waals surface area (Å²) in [6, 6.07) is 0.130. The van der Waals surface area contributed by atoms with E-state index >= 15 is 0 Å². The maximum Gasteiger partial charge on any atom is 0.180 e. The summed E-state index contributed by atoms with van der Waals surface area (Å²) in [5.41, 5.74) is 0. The SMILES string of the molecule is CC1=NC(CS(C)=O)CO1. The minimum Gasteiger partial charge on any atom is -0.479 e. The molecule has 2 atom stereocenters. The molecule has 10 heavy (non-hydrogen) atoms. The van der Waals surface area contributed by atoms with Crippen molar-refractivity contribution in [1.29, 1.82) is 0 Å². The number of aliphatic imine (C=N–C) groups is 1. The van der Waals surface area contributed by atoms with Crippen LogP contribution in [-0.4, -0.2) is 34.8 Å². The first-order chi connectivity index (χ1) is 4.68. The van der Waals surface area contributed by atoms with Gasteiger partial charge in [-0.2, -0.15) is 0 Å². The lowest BCUT2D eigenvalue weighted by Crippen LogP contribution is -2.15. The van der Waals surface area contributed by atoms with Crippen molar-refractivity contribution in [2.24, 2.45) is 4.99 Å². The van der Waals surface area contributed by atoms with Crippen molar-refractivity contribution >= 4 is 16.7 Å². The molecule has 58 valence electrons. The van der Waals surface area contributed by atoms with E-state index in [1.54, 1.807) is 6.26 Å². The summed E-state index contributed by atoms with van der Waals surface area (Å²) < 4.78 is 15.8. The largest absolute Gasteiger partial charge is 0.479 e. The molecule has 0 aliphatic carbocycles. The van der Waals surface area contributed by atoms with Crippen LogP contribution in [0.25, 0.3) is 0 Å². The molecule has 0 fully saturated rings. The smallest absolute Gasteiger partial charge is 0.180 e. The zero-order chi connectivity index (χ0) is 7.56. The standard InChI is InChI=1S/C6H11NO2S/c1-5-7-6(3-9-5)4-10(2)8/h6H,3-4H2,1-2H3. The summed E-state index contributed by atoms with van der Waals surface area (Å²) in [5.74, 6) is 1.34. The summed E-state index contributed by atoms with van der Waals surface area (Å²) in [4.78, 5) is 4.13. The molecule has 0 spiro atoms. The van der Waals surface area contributed by atoms with Crippen molar-refractivity contribution in [2.45, 2.75) is 13.0 Å². The molecule has 1 heterocycles. The summed E-state index contributed by atoms with van der Waals surface area (Å²) in [5, 5.41) is 0. The van der Waals surface area contributed by atoms with Gasteiger partial charge in [0, 0.05) is 29.7 Å². The van der Waals surface area contributed by atoms with Crippen molar-refractivity contribution in [3.05, 3.63) is 0 Å². The van der Waals surface area contributed by atoms with Gasteiger partial charge >= 0.3 is 0 Å². The van der Waals surface area contributed by atoms with Gasteiger partial charge in [0.2, 0.25) is 0 Å². The van der Waals surface area contributed by atoms with E-state index in [9.17, 15) is 4.21 Å². The highest BCUT2D eigenvalue weighted by atomic mass is 32.2. The van der Waals surface area contributed by atoms with E-state index in [0.29, 0.717) is 12.4 Å². The van der Waals surface area contributed by atoms with Crippen molar-refractivity contribution in [3.8, 4) is 0 Å². The van der Waals surface area contributed by atoms with Gasteiger partial charge in [-0.1, -0.05) is 0 Å². The Balaban J connectivity index is 2.38. The number of nitrogens with zero attached hydrogens (tertiary/aromatic N) is 1. The molecule has 3 nitrogen and oxygen atoms in total. The van der Waals surface area contributed by atoms with Crippen LogP contribution in [-0.2, 0) is 15.5 Å². The van der Waals surface area contributed by atoms with Gasteiger partial charge in [-0.05, 0) is 0 Å². The normalized spacial score (nSPS) is 27.4. The topological polar surface area (TPSA) is 38.7 Å². The minimum absolute atomic E-state index is 0.130. The predicted molar refractivity (Wildman–Crippen MR) is 41.8 cm³/mol. The summed E-state index contributed by atoms with van der Waals surface area (Å²) >= 11 is 0. The van der Waals surface area contributed by atoms with E-state index in [1.807, 2.05) is 6.92 Å². The highest BCUT2D eigenvalue weighted by Crippen LogP contribution is 2.04. The van der Waals surface area contributed by atoms with Crippen molar-refractivity contribution in [1.82, 2.24) is 0 Å².